The molecule has 0 aliphatic rings. The maximum Gasteiger partial charge on any atom is 0.0912 e. The number of hydrogen-bond donors (Lipinski definition) is 1. The molecule has 4 heteroatoms. The van der Waals surface area contributed by atoms with Crippen LogP contribution in [-0.4, -0.2) is 20.2 Å². The molecule has 3 aromatic rings. The molecule has 0 aliphatic carbocycles. The van der Waals surface area contributed by atoms with Gasteiger partial charge in [0.05, 0.1) is 34.1 Å². The highest BCUT2D eigenvalue weighted by Gasteiger charge is 2.07. The number of aryl methyl sites for hydroxylation is 2. The molecule has 1 N–H and O–H groups in total. The molecule has 0 spiro atoms. The van der Waals surface area contributed by atoms with Crippen molar-refractivity contribution in [3.8, 4) is 0 Å². The van der Waals surface area contributed by atoms with Crippen LogP contribution < -0.4 is 0 Å². The Labute approximate surface area is 99.1 Å². The number of aromatic amines is 1. The van der Waals surface area contributed by atoms with Crippen LogP contribution in [0.25, 0.3) is 21.9 Å². The molecule has 2 aromatic heterocycles. The standard InChI is InChI=1S/C13H14N4/c1-3-9-10(4-2)16-13-6-11-8(7-14-17-11)5-12(13)15-9/h5-7H,3-4H2,1-2H3,(H,14,17). The summed E-state index contributed by atoms with van der Waals surface area (Å²) >= 11 is 0. The van der Waals surface area contributed by atoms with E-state index in [1.54, 1.807) is 0 Å². The van der Waals surface area contributed by atoms with Gasteiger partial charge in [-0.1, -0.05) is 13.8 Å². The van der Waals surface area contributed by atoms with Crippen LogP contribution in [-0.2, 0) is 12.8 Å². The van der Waals surface area contributed by atoms with E-state index >= 15 is 0 Å². The first-order chi connectivity index (χ1) is 8.31. The molecule has 0 fully saturated rings. The summed E-state index contributed by atoms with van der Waals surface area (Å²) in [5.41, 5.74) is 5.10. The van der Waals surface area contributed by atoms with Crippen LogP contribution in [0.1, 0.15) is 25.2 Å². The largest absolute Gasteiger partial charge is 0.278 e. The van der Waals surface area contributed by atoms with Crippen molar-refractivity contribution in [3.63, 3.8) is 0 Å². The van der Waals surface area contributed by atoms with E-state index in [4.69, 9.17) is 4.98 Å². The molecule has 17 heavy (non-hydrogen) atoms. The van der Waals surface area contributed by atoms with E-state index in [9.17, 15) is 0 Å². The van der Waals surface area contributed by atoms with Crippen LogP contribution >= 0.6 is 0 Å². The van der Waals surface area contributed by atoms with E-state index in [0.717, 1.165) is 46.2 Å². The molecule has 86 valence electrons. The van der Waals surface area contributed by atoms with Gasteiger partial charge in [-0.25, -0.2) is 9.97 Å². The number of rotatable bonds is 2. The molecular formula is C13H14N4. The summed E-state index contributed by atoms with van der Waals surface area (Å²) in [6, 6.07) is 4.06. The van der Waals surface area contributed by atoms with E-state index in [-0.39, 0.29) is 0 Å². The van der Waals surface area contributed by atoms with Crippen molar-refractivity contribution < 1.29 is 0 Å². The zero-order chi connectivity index (χ0) is 11.8. The van der Waals surface area contributed by atoms with Crippen molar-refractivity contribution in [2.45, 2.75) is 26.7 Å². The average Bonchev–Trinajstić information content (AvgIpc) is 2.81. The number of H-pyrrole nitrogens is 1. The highest BCUT2D eigenvalue weighted by atomic mass is 15.1. The topological polar surface area (TPSA) is 54.5 Å². The predicted molar refractivity (Wildman–Crippen MR) is 67.9 cm³/mol. The summed E-state index contributed by atoms with van der Waals surface area (Å²) in [5.74, 6) is 0. The third kappa shape index (κ3) is 1.56. The first-order valence-corrected chi connectivity index (χ1v) is 5.94. The molecule has 0 amide bonds. The highest BCUT2D eigenvalue weighted by Crippen LogP contribution is 2.20. The van der Waals surface area contributed by atoms with Crippen molar-refractivity contribution >= 4 is 21.9 Å². The van der Waals surface area contributed by atoms with Crippen molar-refractivity contribution in [2.75, 3.05) is 0 Å². The number of hydrogen-bond acceptors (Lipinski definition) is 3. The smallest absolute Gasteiger partial charge is 0.0912 e. The number of benzene rings is 1. The van der Waals surface area contributed by atoms with Crippen LogP contribution in [0.2, 0.25) is 0 Å². The van der Waals surface area contributed by atoms with Crippen LogP contribution in [0.15, 0.2) is 18.3 Å². The van der Waals surface area contributed by atoms with E-state index in [1.165, 1.54) is 0 Å². The normalized spacial score (nSPS) is 11.4. The zero-order valence-electron chi connectivity index (χ0n) is 9.99. The zero-order valence-corrected chi connectivity index (χ0v) is 9.99. The second kappa shape index (κ2) is 3.80. The quantitative estimate of drug-likeness (QED) is 0.730. The maximum atomic E-state index is 4.69. The van der Waals surface area contributed by atoms with E-state index in [2.05, 4.69) is 29.0 Å². The molecule has 2 heterocycles. The fourth-order valence-corrected chi connectivity index (χ4v) is 2.13. The number of nitrogens with zero attached hydrogens (tertiary/aromatic N) is 3. The Bertz CT molecular complexity index is 627. The summed E-state index contributed by atoms with van der Waals surface area (Å²) in [6.45, 7) is 4.23. The average molecular weight is 226 g/mol. The molecule has 0 saturated heterocycles. The summed E-state index contributed by atoms with van der Waals surface area (Å²) in [6.07, 6.45) is 3.67. The van der Waals surface area contributed by atoms with E-state index < -0.39 is 0 Å². The number of aromatic nitrogens is 4. The number of nitrogens with one attached hydrogen (secondary N) is 1. The molecule has 0 atom stereocenters. The molecule has 0 unspecified atom stereocenters. The molecule has 0 saturated carbocycles. The second-order valence-electron chi connectivity index (χ2n) is 4.12. The van der Waals surface area contributed by atoms with Crippen molar-refractivity contribution in [2.24, 2.45) is 0 Å². The molecular weight excluding hydrogens is 212 g/mol. The molecule has 0 aliphatic heterocycles. The van der Waals surface area contributed by atoms with Gasteiger partial charge in [0.1, 0.15) is 0 Å². The first kappa shape index (κ1) is 10.2. The highest BCUT2D eigenvalue weighted by molar-refractivity contribution is 5.92. The Balaban J connectivity index is 2.36. The van der Waals surface area contributed by atoms with Crippen molar-refractivity contribution in [1.82, 2.24) is 20.2 Å². The molecule has 0 bridgehead atoms. The van der Waals surface area contributed by atoms with Gasteiger partial charge in [0.25, 0.3) is 0 Å². The Hall–Kier alpha value is -1.97. The maximum absolute atomic E-state index is 4.69. The summed E-state index contributed by atoms with van der Waals surface area (Å²) in [4.78, 5) is 9.37. The monoisotopic (exact) mass is 226 g/mol. The third-order valence-corrected chi connectivity index (χ3v) is 3.05. The minimum atomic E-state index is 0.924. The fraction of sp³-hybridized carbons (Fsp3) is 0.308. The minimum Gasteiger partial charge on any atom is -0.278 e. The lowest BCUT2D eigenvalue weighted by atomic mass is 10.1. The van der Waals surface area contributed by atoms with Gasteiger partial charge in [-0.15, -0.1) is 0 Å². The van der Waals surface area contributed by atoms with Crippen molar-refractivity contribution in [1.29, 1.82) is 0 Å². The predicted octanol–water partition coefficient (Wildman–Crippen LogP) is 2.63. The summed E-state index contributed by atoms with van der Waals surface area (Å²) in [7, 11) is 0. The van der Waals surface area contributed by atoms with E-state index in [1.807, 2.05) is 18.3 Å². The van der Waals surface area contributed by atoms with Gasteiger partial charge in [0.2, 0.25) is 0 Å². The Morgan fingerprint density at radius 3 is 2.29 bits per heavy atom. The molecule has 0 radical (unpaired) electrons. The minimum absolute atomic E-state index is 0.924. The van der Waals surface area contributed by atoms with Crippen molar-refractivity contribution in [3.05, 3.63) is 29.7 Å². The van der Waals surface area contributed by atoms with Crippen LogP contribution in [0.5, 0.6) is 0 Å². The SMILES string of the molecule is CCc1nc2cc3cn[nH]c3cc2nc1CC. The Kier molecular flexibility index (Phi) is 2.28. The lowest BCUT2D eigenvalue weighted by molar-refractivity contribution is 0.930. The first-order valence-electron chi connectivity index (χ1n) is 5.94. The van der Waals surface area contributed by atoms with Crippen LogP contribution in [0.4, 0.5) is 0 Å². The summed E-state index contributed by atoms with van der Waals surface area (Å²) < 4.78 is 0. The van der Waals surface area contributed by atoms with Gasteiger partial charge in [0, 0.05) is 5.39 Å². The fourth-order valence-electron chi connectivity index (χ4n) is 2.13. The van der Waals surface area contributed by atoms with Crippen LogP contribution in [0, 0.1) is 0 Å². The van der Waals surface area contributed by atoms with Gasteiger partial charge in [-0.05, 0) is 25.0 Å². The number of fused-ring (bicyclic) bond motifs is 2. The Morgan fingerprint density at radius 2 is 1.65 bits per heavy atom. The van der Waals surface area contributed by atoms with Gasteiger partial charge >= 0.3 is 0 Å². The Morgan fingerprint density at radius 1 is 1.00 bits per heavy atom. The molecule has 4 nitrogen and oxygen atoms in total. The lowest BCUT2D eigenvalue weighted by Crippen LogP contribution is -2.00. The second-order valence-corrected chi connectivity index (χ2v) is 4.12. The van der Waals surface area contributed by atoms with Gasteiger partial charge < -0.3 is 0 Å². The molecule has 1 aromatic carbocycles. The van der Waals surface area contributed by atoms with Crippen LogP contribution in [0.3, 0.4) is 0 Å². The lowest BCUT2D eigenvalue weighted by Gasteiger charge is -2.06. The summed E-state index contributed by atoms with van der Waals surface area (Å²) in [5, 5.41) is 8.07. The molecule has 3 rings (SSSR count). The third-order valence-electron chi connectivity index (χ3n) is 3.05. The van der Waals surface area contributed by atoms with E-state index in [0.29, 0.717) is 0 Å². The van der Waals surface area contributed by atoms with Gasteiger partial charge in [0.15, 0.2) is 0 Å². The van der Waals surface area contributed by atoms with Gasteiger partial charge in [-0.2, -0.15) is 5.10 Å². The van der Waals surface area contributed by atoms with Gasteiger partial charge in [-0.3, -0.25) is 5.10 Å².